The highest BCUT2D eigenvalue weighted by atomic mass is 35.5. The summed E-state index contributed by atoms with van der Waals surface area (Å²) in [6.45, 7) is 2.06. The molecular weight excluding hydrogens is 324 g/mol. The molecule has 0 fully saturated rings. The van der Waals surface area contributed by atoms with E-state index in [9.17, 15) is 0 Å². The summed E-state index contributed by atoms with van der Waals surface area (Å²) < 4.78 is 7.42. The van der Waals surface area contributed by atoms with E-state index in [4.69, 9.17) is 16.3 Å². The number of fused-ring (bicyclic) bond motifs is 1. The standard InChI is InChI=1S/C18H13ClN4O/c1-12-6-8-13(9-7-12)14-4-2-3-5-15(14)24-17-11-10-16-20-21-18(19)23(16)22-17/h2-11H,1H3. The lowest BCUT2D eigenvalue weighted by molar-refractivity contribution is 0.454. The molecule has 0 radical (unpaired) electrons. The van der Waals surface area contributed by atoms with E-state index in [1.165, 1.54) is 10.1 Å². The summed E-state index contributed by atoms with van der Waals surface area (Å²) in [5.41, 5.74) is 3.86. The zero-order valence-corrected chi connectivity index (χ0v) is 13.6. The first-order valence-corrected chi connectivity index (χ1v) is 7.80. The predicted octanol–water partition coefficient (Wildman–Crippen LogP) is 4.55. The monoisotopic (exact) mass is 336 g/mol. The topological polar surface area (TPSA) is 52.3 Å². The maximum atomic E-state index is 5.98. The van der Waals surface area contributed by atoms with E-state index in [1.54, 1.807) is 12.1 Å². The van der Waals surface area contributed by atoms with Crippen LogP contribution in [0.25, 0.3) is 16.8 Å². The average Bonchev–Trinajstić information content (AvgIpc) is 2.97. The quantitative estimate of drug-likeness (QED) is 0.551. The minimum Gasteiger partial charge on any atom is -0.437 e. The Labute approximate surface area is 143 Å². The van der Waals surface area contributed by atoms with Crippen LogP contribution in [0, 0.1) is 6.92 Å². The summed E-state index contributed by atoms with van der Waals surface area (Å²) in [5, 5.41) is 12.2. The molecule has 4 rings (SSSR count). The largest absolute Gasteiger partial charge is 0.437 e. The third-order valence-corrected chi connectivity index (χ3v) is 3.90. The van der Waals surface area contributed by atoms with Gasteiger partial charge in [0.05, 0.1) is 0 Å². The van der Waals surface area contributed by atoms with Crippen LogP contribution in [0.2, 0.25) is 5.28 Å². The van der Waals surface area contributed by atoms with E-state index in [2.05, 4.69) is 46.5 Å². The van der Waals surface area contributed by atoms with Gasteiger partial charge in [-0.2, -0.15) is 4.52 Å². The fourth-order valence-corrected chi connectivity index (χ4v) is 2.60. The van der Waals surface area contributed by atoms with Crippen molar-refractivity contribution in [1.29, 1.82) is 0 Å². The fourth-order valence-electron chi connectivity index (χ4n) is 2.44. The molecule has 0 saturated carbocycles. The van der Waals surface area contributed by atoms with Gasteiger partial charge in [-0.25, -0.2) is 0 Å². The number of para-hydroxylation sites is 1. The molecule has 118 valence electrons. The number of halogens is 1. The van der Waals surface area contributed by atoms with Crippen molar-refractivity contribution < 1.29 is 4.74 Å². The van der Waals surface area contributed by atoms with Crippen LogP contribution in [-0.2, 0) is 0 Å². The summed E-state index contributed by atoms with van der Waals surface area (Å²) in [4.78, 5) is 0. The first kappa shape index (κ1) is 14.7. The molecule has 0 bridgehead atoms. The molecule has 0 aliphatic rings. The molecule has 0 atom stereocenters. The Kier molecular flexibility index (Phi) is 3.63. The molecule has 5 nitrogen and oxygen atoms in total. The molecule has 0 saturated heterocycles. The number of benzene rings is 2. The summed E-state index contributed by atoms with van der Waals surface area (Å²) in [7, 11) is 0. The molecule has 0 aliphatic heterocycles. The zero-order chi connectivity index (χ0) is 16.5. The number of aryl methyl sites for hydroxylation is 1. The summed E-state index contributed by atoms with van der Waals surface area (Å²) in [6.07, 6.45) is 0. The lowest BCUT2D eigenvalue weighted by atomic mass is 10.0. The van der Waals surface area contributed by atoms with Crippen molar-refractivity contribution in [2.45, 2.75) is 6.92 Å². The van der Waals surface area contributed by atoms with Crippen LogP contribution < -0.4 is 4.74 Å². The SMILES string of the molecule is Cc1ccc(-c2ccccc2Oc2ccc3nnc(Cl)n3n2)cc1. The van der Waals surface area contributed by atoms with Gasteiger partial charge in [-0.3, -0.25) is 0 Å². The van der Waals surface area contributed by atoms with Crippen molar-refractivity contribution in [1.82, 2.24) is 19.8 Å². The van der Waals surface area contributed by atoms with Gasteiger partial charge in [0.1, 0.15) is 5.75 Å². The summed E-state index contributed by atoms with van der Waals surface area (Å²) in [5.74, 6) is 1.14. The molecule has 6 heteroatoms. The van der Waals surface area contributed by atoms with Crippen molar-refractivity contribution in [2.24, 2.45) is 0 Å². The maximum Gasteiger partial charge on any atom is 0.246 e. The maximum absolute atomic E-state index is 5.98. The van der Waals surface area contributed by atoms with E-state index in [0.29, 0.717) is 11.5 Å². The van der Waals surface area contributed by atoms with Gasteiger partial charge < -0.3 is 4.74 Å². The van der Waals surface area contributed by atoms with Crippen LogP contribution in [0.4, 0.5) is 0 Å². The molecule has 0 unspecified atom stereocenters. The van der Waals surface area contributed by atoms with E-state index >= 15 is 0 Å². The van der Waals surface area contributed by atoms with E-state index in [-0.39, 0.29) is 5.28 Å². The molecule has 2 heterocycles. The second-order valence-electron chi connectivity index (χ2n) is 5.37. The molecule has 2 aromatic heterocycles. The van der Waals surface area contributed by atoms with Gasteiger partial charge in [-0.05, 0) is 36.2 Å². The van der Waals surface area contributed by atoms with E-state index in [1.807, 2.05) is 24.3 Å². The Hall–Kier alpha value is -2.92. The fraction of sp³-hybridized carbons (Fsp3) is 0.0556. The van der Waals surface area contributed by atoms with Crippen LogP contribution >= 0.6 is 11.6 Å². The van der Waals surface area contributed by atoms with Crippen LogP contribution in [0.3, 0.4) is 0 Å². The minimum atomic E-state index is 0.197. The Morgan fingerprint density at radius 2 is 1.71 bits per heavy atom. The molecule has 0 spiro atoms. The average molecular weight is 337 g/mol. The molecule has 0 N–H and O–H groups in total. The van der Waals surface area contributed by atoms with Crippen LogP contribution in [0.1, 0.15) is 5.56 Å². The van der Waals surface area contributed by atoms with Crippen molar-refractivity contribution in [3.8, 4) is 22.8 Å². The number of ether oxygens (including phenoxy) is 1. The molecular formula is C18H13ClN4O. The van der Waals surface area contributed by atoms with Gasteiger partial charge >= 0.3 is 0 Å². The number of hydrogen-bond donors (Lipinski definition) is 0. The predicted molar refractivity (Wildman–Crippen MR) is 92.5 cm³/mol. The summed E-state index contributed by atoms with van der Waals surface area (Å²) in [6, 6.07) is 19.6. The molecule has 24 heavy (non-hydrogen) atoms. The van der Waals surface area contributed by atoms with Crippen molar-refractivity contribution in [3.05, 3.63) is 71.5 Å². The third kappa shape index (κ3) is 2.70. The highest BCUT2D eigenvalue weighted by Crippen LogP contribution is 2.32. The highest BCUT2D eigenvalue weighted by molar-refractivity contribution is 6.28. The van der Waals surface area contributed by atoms with E-state index in [0.717, 1.165) is 16.9 Å². The minimum absolute atomic E-state index is 0.197. The van der Waals surface area contributed by atoms with Gasteiger partial charge in [-0.15, -0.1) is 15.3 Å². The van der Waals surface area contributed by atoms with E-state index < -0.39 is 0 Å². The lowest BCUT2D eigenvalue weighted by Crippen LogP contribution is -1.96. The van der Waals surface area contributed by atoms with Crippen molar-refractivity contribution >= 4 is 17.2 Å². The summed E-state index contributed by atoms with van der Waals surface area (Å²) >= 11 is 5.96. The Morgan fingerprint density at radius 3 is 2.54 bits per heavy atom. The second kappa shape index (κ2) is 5.94. The van der Waals surface area contributed by atoms with Gasteiger partial charge in [0.15, 0.2) is 5.65 Å². The first-order chi connectivity index (χ1) is 11.7. The second-order valence-corrected chi connectivity index (χ2v) is 5.71. The van der Waals surface area contributed by atoms with Gasteiger partial charge in [-0.1, -0.05) is 48.0 Å². The van der Waals surface area contributed by atoms with Crippen LogP contribution in [-0.4, -0.2) is 19.8 Å². The van der Waals surface area contributed by atoms with Gasteiger partial charge in [0.25, 0.3) is 0 Å². The van der Waals surface area contributed by atoms with Crippen molar-refractivity contribution in [2.75, 3.05) is 0 Å². The zero-order valence-electron chi connectivity index (χ0n) is 12.8. The van der Waals surface area contributed by atoms with Gasteiger partial charge in [0.2, 0.25) is 11.2 Å². The van der Waals surface area contributed by atoms with Crippen LogP contribution in [0.15, 0.2) is 60.7 Å². The number of hydrogen-bond acceptors (Lipinski definition) is 4. The lowest BCUT2D eigenvalue weighted by Gasteiger charge is -2.11. The molecule has 0 aliphatic carbocycles. The highest BCUT2D eigenvalue weighted by Gasteiger charge is 2.10. The third-order valence-electron chi connectivity index (χ3n) is 3.66. The van der Waals surface area contributed by atoms with Crippen molar-refractivity contribution in [3.63, 3.8) is 0 Å². The smallest absolute Gasteiger partial charge is 0.246 e. The Bertz CT molecular complexity index is 1010. The molecule has 0 amide bonds. The van der Waals surface area contributed by atoms with Crippen LogP contribution in [0.5, 0.6) is 11.6 Å². The molecule has 2 aromatic carbocycles. The van der Waals surface area contributed by atoms with Gasteiger partial charge in [0, 0.05) is 11.6 Å². The Balaban J connectivity index is 1.73. The number of aromatic nitrogens is 4. The molecule has 4 aromatic rings. The number of rotatable bonds is 3. The normalized spacial score (nSPS) is 10.9. The number of nitrogens with zero attached hydrogens (tertiary/aromatic N) is 4. The Morgan fingerprint density at radius 1 is 0.917 bits per heavy atom. The first-order valence-electron chi connectivity index (χ1n) is 7.42.